The summed E-state index contributed by atoms with van der Waals surface area (Å²) in [4.78, 5) is 12.4. The molecule has 0 N–H and O–H groups in total. The van der Waals surface area contributed by atoms with Crippen molar-refractivity contribution < 1.29 is 9.90 Å². The first-order chi connectivity index (χ1) is 8.66. The minimum absolute atomic E-state index is 0.283. The van der Waals surface area contributed by atoms with Crippen LogP contribution in [0.3, 0.4) is 0 Å². The van der Waals surface area contributed by atoms with Gasteiger partial charge in [-0.2, -0.15) is 0 Å². The third-order valence-electron chi connectivity index (χ3n) is 2.54. The molecule has 0 spiro atoms. The van der Waals surface area contributed by atoms with Crippen LogP contribution in [-0.2, 0) is 6.54 Å². The molecule has 2 aromatic rings. The highest BCUT2D eigenvalue weighted by molar-refractivity contribution is 9.10. The van der Waals surface area contributed by atoms with Gasteiger partial charge in [-0.1, -0.05) is 46.3 Å². The number of hydrogen-bond donors (Lipinski definition) is 0. The molecule has 0 radical (unpaired) electrons. The first kappa shape index (κ1) is 12.6. The van der Waals surface area contributed by atoms with E-state index in [1.54, 1.807) is 24.3 Å². The highest BCUT2D eigenvalue weighted by Crippen LogP contribution is 2.20. The Morgan fingerprint density at radius 2 is 1.67 bits per heavy atom. The number of nitrogens with zero attached hydrogens (tertiary/aromatic N) is 1. The van der Waals surface area contributed by atoms with Gasteiger partial charge in [0.15, 0.2) is 0 Å². The molecule has 0 aliphatic rings. The number of rotatable bonds is 3. The number of benzene rings is 2. The van der Waals surface area contributed by atoms with Gasteiger partial charge in [0.1, 0.15) is 6.09 Å². The number of halogens is 1. The lowest BCUT2D eigenvalue weighted by Gasteiger charge is -2.25. The monoisotopic (exact) mass is 304 g/mol. The van der Waals surface area contributed by atoms with E-state index in [2.05, 4.69) is 15.9 Å². The first-order valence-electron chi connectivity index (χ1n) is 5.45. The Hall–Kier alpha value is -1.81. The molecule has 0 fully saturated rings. The molecule has 0 saturated carbocycles. The zero-order valence-corrected chi connectivity index (χ0v) is 11.1. The van der Waals surface area contributed by atoms with Crippen LogP contribution in [0.5, 0.6) is 0 Å². The second kappa shape index (κ2) is 5.69. The molecule has 18 heavy (non-hydrogen) atoms. The summed E-state index contributed by atoms with van der Waals surface area (Å²) < 4.78 is 0.907. The molecule has 0 bridgehead atoms. The highest BCUT2D eigenvalue weighted by atomic mass is 79.9. The molecular formula is C14H11BrNO2-. The second-order valence-electron chi connectivity index (χ2n) is 3.81. The third-order valence-corrected chi connectivity index (χ3v) is 3.07. The van der Waals surface area contributed by atoms with Crippen molar-refractivity contribution >= 4 is 27.7 Å². The molecular weight excluding hydrogens is 294 g/mol. The summed E-state index contributed by atoms with van der Waals surface area (Å²) in [6.45, 7) is 0.283. The van der Waals surface area contributed by atoms with E-state index in [0.717, 1.165) is 10.0 Å². The standard InChI is InChI=1S/C14H12BrNO2/c15-12-6-8-13(9-7-12)16(14(17)18)10-11-4-2-1-3-5-11/h1-9H,10H2,(H,17,18)/p-1. The first-order valence-corrected chi connectivity index (χ1v) is 6.24. The summed E-state index contributed by atoms with van der Waals surface area (Å²) in [7, 11) is 0. The summed E-state index contributed by atoms with van der Waals surface area (Å²) in [5.74, 6) is 0. The SMILES string of the molecule is O=C([O-])N(Cc1ccccc1)c1ccc(Br)cc1. The molecule has 0 aliphatic carbocycles. The normalized spacial score (nSPS) is 10.1. The number of carboxylic acid groups (broad SMARTS) is 1. The Bertz CT molecular complexity index is 525. The van der Waals surface area contributed by atoms with Crippen molar-refractivity contribution in [3.63, 3.8) is 0 Å². The van der Waals surface area contributed by atoms with Crippen molar-refractivity contribution in [3.8, 4) is 0 Å². The number of hydrogen-bond acceptors (Lipinski definition) is 2. The van der Waals surface area contributed by atoms with E-state index in [-0.39, 0.29) is 6.54 Å². The van der Waals surface area contributed by atoms with Crippen LogP contribution in [0.2, 0.25) is 0 Å². The van der Waals surface area contributed by atoms with Crippen LogP contribution in [0, 0.1) is 0 Å². The number of carbonyl (C=O) groups is 1. The zero-order valence-electron chi connectivity index (χ0n) is 9.54. The molecule has 2 rings (SSSR count). The van der Waals surface area contributed by atoms with Gasteiger partial charge < -0.3 is 14.8 Å². The molecule has 1 amide bonds. The Morgan fingerprint density at radius 3 is 2.22 bits per heavy atom. The van der Waals surface area contributed by atoms with Crippen molar-refractivity contribution in [3.05, 3.63) is 64.6 Å². The van der Waals surface area contributed by atoms with Gasteiger partial charge in [0.05, 0.1) is 0 Å². The van der Waals surface area contributed by atoms with E-state index >= 15 is 0 Å². The summed E-state index contributed by atoms with van der Waals surface area (Å²) in [6.07, 6.45) is -1.21. The Labute approximate surface area is 114 Å². The van der Waals surface area contributed by atoms with Crippen LogP contribution in [0.1, 0.15) is 5.56 Å². The number of carbonyl (C=O) groups excluding carboxylic acids is 1. The van der Waals surface area contributed by atoms with Crippen molar-refractivity contribution in [1.82, 2.24) is 0 Å². The zero-order chi connectivity index (χ0) is 13.0. The van der Waals surface area contributed by atoms with Crippen molar-refractivity contribution in [2.45, 2.75) is 6.54 Å². The molecule has 2 aromatic carbocycles. The van der Waals surface area contributed by atoms with Crippen molar-refractivity contribution in [2.75, 3.05) is 4.90 Å². The average molecular weight is 305 g/mol. The van der Waals surface area contributed by atoms with Crippen molar-refractivity contribution in [2.24, 2.45) is 0 Å². The van der Waals surface area contributed by atoms with E-state index in [1.165, 1.54) is 4.90 Å². The van der Waals surface area contributed by atoms with E-state index in [9.17, 15) is 9.90 Å². The molecule has 4 heteroatoms. The number of anilines is 1. The van der Waals surface area contributed by atoms with Crippen molar-refractivity contribution in [1.29, 1.82) is 0 Å². The lowest BCUT2D eigenvalue weighted by molar-refractivity contribution is -0.246. The maximum atomic E-state index is 11.2. The third kappa shape index (κ3) is 3.11. The van der Waals surface area contributed by atoms with E-state index in [4.69, 9.17) is 0 Å². The van der Waals surface area contributed by atoms with E-state index < -0.39 is 6.09 Å². The molecule has 0 saturated heterocycles. The largest absolute Gasteiger partial charge is 0.530 e. The molecule has 0 atom stereocenters. The lowest BCUT2D eigenvalue weighted by atomic mass is 10.2. The van der Waals surface area contributed by atoms with Gasteiger partial charge in [0, 0.05) is 16.7 Å². The lowest BCUT2D eigenvalue weighted by Crippen LogP contribution is -2.40. The fourth-order valence-corrected chi connectivity index (χ4v) is 1.91. The maximum absolute atomic E-state index is 11.2. The van der Waals surface area contributed by atoms with Gasteiger partial charge in [0.25, 0.3) is 0 Å². The smallest absolute Gasteiger partial charge is 0.141 e. The van der Waals surface area contributed by atoms with E-state index in [0.29, 0.717) is 5.69 Å². The van der Waals surface area contributed by atoms with Crippen LogP contribution in [-0.4, -0.2) is 6.09 Å². The van der Waals surface area contributed by atoms with Crippen LogP contribution < -0.4 is 10.0 Å². The fourth-order valence-electron chi connectivity index (χ4n) is 1.65. The quantitative estimate of drug-likeness (QED) is 0.875. The molecule has 0 aromatic heterocycles. The number of amides is 1. The molecule has 0 heterocycles. The molecule has 92 valence electrons. The molecule has 0 aliphatic heterocycles. The Morgan fingerprint density at radius 1 is 1.06 bits per heavy atom. The van der Waals surface area contributed by atoms with Gasteiger partial charge in [0.2, 0.25) is 0 Å². The van der Waals surface area contributed by atoms with Crippen LogP contribution in [0.4, 0.5) is 10.5 Å². The highest BCUT2D eigenvalue weighted by Gasteiger charge is 2.08. The second-order valence-corrected chi connectivity index (χ2v) is 4.73. The fraction of sp³-hybridized carbons (Fsp3) is 0.0714. The topological polar surface area (TPSA) is 43.4 Å². The predicted octanol–water partition coefficient (Wildman–Crippen LogP) is 2.80. The summed E-state index contributed by atoms with van der Waals surface area (Å²) >= 11 is 3.32. The Balaban J connectivity index is 2.24. The van der Waals surface area contributed by atoms with Gasteiger partial charge in [-0.15, -0.1) is 0 Å². The Kier molecular flexibility index (Phi) is 3.99. The van der Waals surface area contributed by atoms with Gasteiger partial charge >= 0.3 is 0 Å². The minimum atomic E-state index is -1.21. The average Bonchev–Trinajstić information content (AvgIpc) is 2.38. The summed E-state index contributed by atoms with van der Waals surface area (Å²) in [5, 5.41) is 11.2. The van der Waals surface area contributed by atoms with Crippen LogP contribution in [0.15, 0.2) is 59.1 Å². The summed E-state index contributed by atoms with van der Waals surface area (Å²) in [5.41, 5.74) is 1.52. The molecule has 0 unspecified atom stereocenters. The maximum Gasteiger partial charge on any atom is 0.141 e. The minimum Gasteiger partial charge on any atom is -0.530 e. The van der Waals surface area contributed by atoms with E-state index in [1.807, 2.05) is 30.3 Å². The van der Waals surface area contributed by atoms with Crippen LogP contribution in [0.25, 0.3) is 0 Å². The van der Waals surface area contributed by atoms with Gasteiger partial charge in [-0.25, -0.2) is 0 Å². The predicted molar refractivity (Wildman–Crippen MR) is 72.2 cm³/mol. The van der Waals surface area contributed by atoms with Gasteiger partial charge in [-0.05, 0) is 29.8 Å². The summed E-state index contributed by atoms with van der Waals surface area (Å²) in [6, 6.07) is 16.5. The molecule has 3 nitrogen and oxygen atoms in total. The van der Waals surface area contributed by atoms with Crippen LogP contribution >= 0.6 is 15.9 Å². The van der Waals surface area contributed by atoms with Gasteiger partial charge in [-0.3, -0.25) is 0 Å².